The molecule has 0 aliphatic carbocycles. The largest absolute Gasteiger partial charge is 0.380 e. The highest BCUT2D eigenvalue weighted by atomic mass is 127. The number of ether oxygens (including phenoxy) is 1. The van der Waals surface area contributed by atoms with E-state index < -0.39 is 0 Å². The molecular formula is C23H34IN5O. The van der Waals surface area contributed by atoms with E-state index in [0.29, 0.717) is 19.1 Å². The average Bonchev–Trinajstić information content (AvgIpc) is 2.72. The number of rotatable bonds is 7. The van der Waals surface area contributed by atoms with E-state index in [4.69, 9.17) is 10.5 Å². The number of nitrogens with two attached hydrogens (primary N) is 1. The molecule has 6 nitrogen and oxygen atoms in total. The SMILES string of the molecule is COCc1ccccc1NC(N)=NCCN1CCN(c2cccc(C)c2C)CC1.I. The summed E-state index contributed by atoms with van der Waals surface area (Å²) in [6.07, 6.45) is 0. The summed E-state index contributed by atoms with van der Waals surface area (Å²) < 4.78 is 5.23. The Morgan fingerprint density at radius 3 is 2.53 bits per heavy atom. The number of nitrogens with one attached hydrogen (secondary N) is 1. The van der Waals surface area contributed by atoms with Crippen molar-refractivity contribution in [1.29, 1.82) is 0 Å². The van der Waals surface area contributed by atoms with E-state index in [2.05, 4.69) is 52.2 Å². The van der Waals surface area contributed by atoms with Crippen molar-refractivity contribution in [2.45, 2.75) is 20.5 Å². The highest BCUT2D eigenvalue weighted by Crippen LogP contribution is 2.23. The van der Waals surface area contributed by atoms with Crippen LogP contribution in [0.3, 0.4) is 0 Å². The minimum Gasteiger partial charge on any atom is -0.380 e. The van der Waals surface area contributed by atoms with Crippen LogP contribution in [0, 0.1) is 13.8 Å². The number of methoxy groups -OCH3 is 1. The van der Waals surface area contributed by atoms with Crippen LogP contribution >= 0.6 is 24.0 Å². The van der Waals surface area contributed by atoms with Gasteiger partial charge in [0.05, 0.1) is 13.2 Å². The van der Waals surface area contributed by atoms with E-state index in [-0.39, 0.29) is 24.0 Å². The summed E-state index contributed by atoms with van der Waals surface area (Å²) >= 11 is 0. The Morgan fingerprint density at radius 2 is 1.80 bits per heavy atom. The molecular weight excluding hydrogens is 489 g/mol. The first-order chi connectivity index (χ1) is 14.1. The fraction of sp³-hybridized carbons (Fsp3) is 0.435. The standard InChI is InChI=1S/C23H33N5O.HI/c1-18-7-6-10-22(19(18)2)28-15-13-27(14-16-28)12-11-25-23(24)26-21-9-5-4-8-20(21)17-29-3;/h4-10H,11-17H2,1-3H3,(H3,24,25,26);1H. The number of aryl methyl sites for hydroxylation is 1. The molecule has 0 unspecified atom stereocenters. The molecule has 3 rings (SSSR count). The first kappa shape index (κ1) is 24.4. The van der Waals surface area contributed by atoms with E-state index in [0.717, 1.165) is 44.0 Å². The molecule has 0 amide bonds. The highest BCUT2D eigenvalue weighted by Gasteiger charge is 2.18. The van der Waals surface area contributed by atoms with Gasteiger partial charge in [-0.3, -0.25) is 9.89 Å². The third-order valence-electron chi connectivity index (χ3n) is 5.57. The normalized spacial score (nSPS) is 15.0. The lowest BCUT2D eigenvalue weighted by atomic mass is 10.1. The van der Waals surface area contributed by atoms with Crippen LogP contribution in [0.5, 0.6) is 0 Å². The fourth-order valence-corrected chi connectivity index (χ4v) is 3.70. The Bertz CT molecular complexity index is 834. The number of halogens is 1. The number of piperazine rings is 1. The van der Waals surface area contributed by atoms with Gasteiger partial charge < -0.3 is 20.7 Å². The fourth-order valence-electron chi connectivity index (χ4n) is 3.70. The molecule has 0 atom stereocenters. The molecule has 0 aromatic heterocycles. The van der Waals surface area contributed by atoms with Crippen molar-refractivity contribution < 1.29 is 4.74 Å². The van der Waals surface area contributed by atoms with Crippen molar-refractivity contribution in [3.63, 3.8) is 0 Å². The second kappa shape index (κ2) is 12.1. The molecule has 0 bridgehead atoms. The lowest BCUT2D eigenvalue weighted by molar-refractivity contribution is 0.185. The third-order valence-corrected chi connectivity index (χ3v) is 5.57. The molecule has 2 aromatic carbocycles. The molecule has 1 fully saturated rings. The number of para-hydroxylation sites is 1. The molecule has 164 valence electrons. The van der Waals surface area contributed by atoms with E-state index in [9.17, 15) is 0 Å². The number of hydrogen-bond donors (Lipinski definition) is 2. The topological polar surface area (TPSA) is 66.1 Å². The van der Waals surface area contributed by atoms with Crippen molar-refractivity contribution in [3.05, 3.63) is 59.2 Å². The van der Waals surface area contributed by atoms with Crippen LogP contribution in [0.2, 0.25) is 0 Å². The smallest absolute Gasteiger partial charge is 0.193 e. The molecule has 3 N–H and O–H groups in total. The van der Waals surface area contributed by atoms with E-state index in [1.807, 2.05) is 24.3 Å². The summed E-state index contributed by atoms with van der Waals surface area (Å²) in [6, 6.07) is 14.5. The molecule has 1 heterocycles. The quantitative estimate of drug-likeness (QED) is 0.330. The van der Waals surface area contributed by atoms with Crippen molar-refractivity contribution in [2.75, 3.05) is 56.6 Å². The lowest BCUT2D eigenvalue weighted by Gasteiger charge is -2.36. The van der Waals surface area contributed by atoms with Gasteiger partial charge in [-0.15, -0.1) is 24.0 Å². The lowest BCUT2D eigenvalue weighted by Crippen LogP contribution is -2.47. The number of nitrogens with zero attached hydrogens (tertiary/aromatic N) is 3. The Morgan fingerprint density at radius 1 is 1.07 bits per heavy atom. The molecule has 0 spiro atoms. The van der Waals surface area contributed by atoms with E-state index in [1.165, 1.54) is 16.8 Å². The number of aliphatic imine (C=N–C) groups is 1. The molecule has 2 aromatic rings. The number of benzene rings is 2. The average molecular weight is 523 g/mol. The van der Waals surface area contributed by atoms with Gasteiger partial charge in [-0.25, -0.2) is 0 Å². The summed E-state index contributed by atoms with van der Waals surface area (Å²) in [7, 11) is 1.69. The summed E-state index contributed by atoms with van der Waals surface area (Å²) in [5.41, 5.74) is 12.2. The van der Waals surface area contributed by atoms with Gasteiger partial charge in [0, 0.05) is 56.8 Å². The first-order valence-corrected chi connectivity index (χ1v) is 10.3. The molecule has 1 saturated heterocycles. The van der Waals surface area contributed by atoms with Crippen molar-refractivity contribution in [1.82, 2.24) is 4.90 Å². The molecule has 1 aliphatic heterocycles. The maximum atomic E-state index is 6.09. The Labute approximate surface area is 197 Å². The van der Waals surface area contributed by atoms with Crippen molar-refractivity contribution in [3.8, 4) is 0 Å². The predicted octanol–water partition coefficient (Wildman–Crippen LogP) is 3.62. The van der Waals surface area contributed by atoms with Gasteiger partial charge in [-0.1, -0.05) is 30.3 Å². The maximum absolute atomic E-state index is 6.09. The van der Waals surface area contributed by atoms with Crippen LogP contribution < -0.4 is 16.0 Å². The monoisotopic (exact) mass is 523 g/mol. The summed E-state index contributed by atoms with van der Waals surface area (Å²) in [5.74, 6) is 0.447. The van der Waals surface area contributed by atoms with Crippen LogP contribution in [0.25, 0.3) is 0 Å². The van der Waals surface area contributed by atoms with Gasteiger partial charge in [0.15, 0.2) is 5.96 Å². The first-order valence-electron chi connectivity index (χ1n) is 10.3. The van der Waals surface area contributed by atoms with Gasteiger partial charge in [0.1, 0.15) is 0 Å². The second-order valence-electron chi connectivity index (χ2n) is 7.53. The van der Waals surface area contributed by atoms with E-state index >= 15 is 0 Å². The van der Waals surface area contributed by atoms with Gasteiger partial charge in [-0.2, -0.15) is 0 Å². The van der Waals surface area contributed by atoms with Crippen LogP contribution in [-0.4, -0.2) is 57.2 Å². The van der Waals surface area contributed by atoms with Crippen LogP contribution in [0.4, 0.5) is 11.4 Å². The summed E-state index contributed by atoms with van der Waals surface area (Å²) in [4.78, 5) is 9.45. The molecule has 7 heteroatoms. The summed E-state index contributed by atoms with van der Waals surface area (Å²) in [6.45, 7) is 10.7. The third kappa shape index (κ3) is 6.58. The minimum atomic E-state index is 0. The van der Waals surface area contributed by atoms with E-state index in [1.54, 1.807) is 7.11 Å². The van der Waals surface area contributed by atoms with Crippen LogP contribution in [-0.2, 0) is 11.3 Å². The predicted molar refractivity (Wildman–Crippen MR) is 137 cm³/mol. The second-order valence-corrected chi connectivity index (χ2v) is 7.53. The molecule has 30 heavy (non-hydrogen) atoms. The number of hydrogen-bond acceptors (Lipinski definition) is 4. The van der Waals surface area contributed by atoms with Crippen molar-refractivity contribution in [2.24, 2.45) is 10.7 Å². The maximum Gasteiger partial charge on any atom is 0.193 e. The minimum absolute atomic E-state index is 0. The summed E-state index contributed by atoms with van der Waals surface area (Å²) in [5, 5.41) is 3.19. The number of anilines is 2. The zero-order chi connectivity index (χ0) is 20.6. The number of guanidine groups is 1. The Kier molecular flexibility index (Phi) is 9.87. The highest BCUT2D eigenvalue weighted by molar-refractivity contribution is 14.0. The van der Waals surface area contributed by atoms with Gasteiger partial charge in [-0.05, 0) is 37.1 Å². The van der Waals surface area contributed by atoms with Gasteiger partial charge in [0.2, 0.25) is 0 Å². The Balaban J connectivity index is 0.00000320. The Hall–Kier alpha value is -1.84. The molecule has 0 radical (unpaired) electrons. The van der Waals surface area contributed by atoms with Crippen LogP contribution in [0.15, 0.2) is 47.5 Å². The van der Waals surface area contributed by atoms with Gasteiger partial charge >= 0.3 is 0 Å². The zero-order valence-electron chi connectivity index (χ0n) is 18.2. The molecule has 0 saturated carbocycles. The molecule has 1 aliphatic rings. The van der Waals surface area contributed by atoms with Gasteiger partial charge in [0.25, 0.3) is 0 Å². The van der Waals surface area contributed by atoms with Crippen molar-refractivity contribution >= 4 is 41.3 Å². The zero-order valence-corrected chi connectivity index (χ0v) is 20.6. The van der Waals surface area contributed by atoms with Crippen LogP contribution in [0.1, 0.15) is 16.7 Å².